The quantitative estimate of drug-likeness (QED) is 0.571. The highest BCUT2D eigenvalue weighted by molar-refractivity contribution is 5.66. The van der Waals surface area contributed by atoms with E-state index in [0.29, 0.717) is 11.8 Å². The van der Waals surface area contributed by atoms with Crippen molar-refractivity contribution in [2.75, 3.05) is 39.4 Å². The first kappa shape index (κ1) is 23.2. The zero-order valence-electron chi connectivity index (χ0n) is 20.7. The third-order valence-corrected chi connectivity index (χ3v) is 8.26. The second kappa shape index (κ2) is 10.0. The summed E-state index contributed by atoms with van der Waals surface area (Å²) in [5, 5.41) is 9.24. The van der Waals surface area contributed by atoms with Gasteiger partial charge in [0.25, 0.3) is 5.56 Å². The first-order valence-corrected chi connectivity index (χ1v) is 13.2. The zero-order chi connectivity index (χ0) is 24.5. The van der Waals surface area contributed by atoms with Crippen molar-refractivity contribution in [3.05, 3.63) is 93.4 Å². The summed E-state index contributed by atoms with van der Waals surface area (Å²) < 4.78 is 7.62. The molecular weight excluding hydrogens is 448 g/mol. The van der Waals surface area contributed by atoms with Gasteiger partial charge in [0, 0.05) is 40.8 Å². The fourth-order valence-electron chi connectivity index (χ4n) is 6.60. The molecule has 0 amide bonds. The molecule has 2 N–H and O–H groups in total. The number of pyridine rings is 1. The Kier molecular flexibility index (Phi) is 6.45. The third kappa shape index (κ3) is 4.62. The smallest absolute Gasteiger partial charge is 0.258 e. The van der Waals surface area contributed by atoms with Crippen molar-refractivity contribution in [1.29, 1.82) is 5.26 Å². The van der Waals surface area contributed by atoms with E-state index in [0.717, 1.165) is 82.1 Å². The van der Waals surface area contributed by atoms with Crippen LogP contribution in [0.1, 0.15) is 34.7 Å². The molecule has 0 saturated carbocycles. The minimum Gasteiger partial charge on any atom is -0.370 e. The molecule has 0 radical (unpaired) electrons. The van der Waals surface area contributed by atoms with E-state index in [4.69, 9.17) is 4.74 Å². The second-order valence-electron chi connectivity index (χ2n) is 10.7. The van der Waals surface area contributed by atoms with Crippen LogP contribution in [0.4, 0.5) is 0 Å². The molecule has 3 atom stereocenters. The van der Waals surface area contributed by atoms with Crippen LogP contribution in [0.2, 0.25) is 0 Å². The van der Waals surface area contributed by atoms with Gasteiger partial charge in [0.1, 0.15) is 26.2 Å². The lowest BCUT2D eigenvalue weighted by molar-refractivity contribution is -0.924. The molecule has 2 aromatic carbocycles. The van der Waals surface area contributed by atoms with Gasteiger partial charge >= 0.3 is 0 Å². The van der Waals surface area contributed by atoms with Crippen LogP contribution >= 0.6 is 0 Å². The predicted molar refractivity (Wildman–Crippen MR) is 138 cm³/mol. The molecule has 4 heterocycles. The Morgan fingerprint density at radius 1 is 0.944 bits per heavy atom. The number of quaternary nitrogens is 2. The Balaban J connectivity index is 1.25. The summed E-state index contributed by atoms with van der Waals surface area (Å²) in [6.07, 6.45) is 1.16. The molecule has 184 valence electrons. The van der Waals surface area contributed by atoms with Crippen molar-refractivity contribution < 1.29 is 14.5 Å². The highest BCUT2D eigenvalue weighted by atomic mass is 16.5. The predicted octanol–water partition coefficient (Wildman–Crippen LogP) is 1.00. The number of nitrogens with one attached hydrogen (secondary N) is 2. The van der Waals surface area contributed by atoms with Gasteiger partial charge in [-0.2, -0.15) is 5.26 Å². The number of rotatable bonds is 5. The van der Waals surface area contributed by atoms with E-state index in [1.165, 1.54) is 21.7 Å². The number of nitriles is 1. The average molecular weight is 483 g/mol. The standard InChI is InChI=1S/C30H32N4O2/c31-16-22-4-3-5-23(14-22)17-33-18-24-15-26(21-33)29-9-8-28(30(35)34(29)19-24)27-7-2-1-6-25(27)20-32-10-12-36-13-11-32/h1-9,14,24,26H,10-13,15,17-21H2/p+2/t24-,26+/m0/s1. The van der Waals surface area contributed by atoms with Gasteiger partial charge in [-0.1, -0.05) is 36.4 Å². The van der Waals surface area contributed by atoms with Gasteiger partial charge in [-0.3, -0.25) is 4.79 Å². The average Bonchev–Trinajstić information content (AvgIpc) is 2.90. The van der Waals surface area contributed by atoms with E-state index >= 15 is 0 Å². The number of nitrogens with zero attached hydrogens (tertiary/aromatic N) is 2. The van der Waals surface area contributed by atoms with Gasteiger partial charge in [0.05, 0.1) is 37.9 Å². The van der Waals surface area contributed by atoms with Gasteiger partial charge in [-0.05, 0) is 36.2 Å². The molecule has 2 fully saturated rings. The summed E-state index contributed by atoms with van der Waals surface area (Å²) in [7, 11) is 0. The van der Waals surface area contributed by atoms with Crippen LogP contribution in [0.25, 0.3) is 11.1 Å². The molecule has 1 unspecified atom stereocenters. The van der Waals surface area contributed by atoms with E-state index in [-0.39, 0.29) is 5.56 Å². The van der Waals surface area contributed by atoms with Crippen LogP contribution in [-0.2, 0) is 24.4 Å². The van der Waals surface area contributed by atoms with E-state index in [1.807, 2.05) is 24.3 Å². The number of hydrogen-bond donors (Lipinski definition) is 2. The van der Waals surface area contributed by atoms with E-state index in [9.17, 15) is 10.1 Å². The van der Waals surface area contributed by atoms with Gasteiger partial charge < -0.3 is 19.1 Å². The summed E-state index contributed by atoms with van der Waals surface area (Å²) in [5.74, 6) is 0.910. The minimum absolute atomic E-state index is 0.164. The Morgan fingerprint density at radius 3 is 2.67 bits per heavy atom. The lowest BCUT2D eigenvalue weighted by Crippen LogP contribution is -3.13. The Morgan fingerprint density at radius 2 is 1.81 bits per heavy atom. The molecule has 3 aromatic rings. The van der Waals surface area contributed by atoms with Crippen LogP contribution in [0.5, 0.6) is 0 Å². The Bertz CT molecular complexity index is 1350. The summed E-state index contributed by atoms with van der Waals surface area (Å²) >= 11 is 0. The lowest BCUT2D eigenvalue weighted by Gasteiger charge is -2.40. The molecule has 0 spiro atoms. The second-order valence-corrected chi connectivity index (χ2v) is 10.7. The van der Waals surface area contributed by atoms with Crippen LogP contribution in [0.3, 0.4) is 0 Å². The topological polar surface area (TPSA) is 63.9 Å². The van der Waals surface area contributed by atoms with Crippen molar-refractivity contribution in [3.8, 4) is 17.2 Å². The molecule has 6 rings (SSSR count). The number of likely N-dealkylation sites (tertiary alicyclic amines) is 1. The summed E-state index contributed by atoms with van der Waals surface area (Å²) in [6, 6.07) is 23.0. The van der Waals surface area contributed by atoms with Crippen molar-refractivity contribution in [2.24, 2.45) is 5.92 Å². The Labute approximate surface area is 212 Å². The number of fused-ring (bicyclic) bond motifs is 4. The molecule has 2 saturated heterocycles. The van der Waals surface area contributed by atoms with Crippen molar-refractivity contribution in [1.82, 2.24) is 4.57 Å². The SMILES string of the molecule is N#Cc1cccc(C[NH+]2C[C@@H]3C[C@H](C2)c2ccc(-c4ccccc4C[NH+]4CCOCC4)c(=O)n2C3)c1. The van der Waals surface area contributed by atoms with Crippen LogP contribution < -0.4 is 15.4 Å². The normalized spacial score (nSPS) is 23.6. The molecule has 6 heteroatoms. The summed E-state index contributed by atoms with van der Waals surface area (Å²) in [5.41, 5.74) is 6.46. The van der Waals surface area contributed by atoms with E-state index in [2.05, 4.69) is 47.0 Å². The number of hydrogen-bond acceptors (Lipinski definition) is 3. The highest BCUT2D eigenvalue weighted by Crippen LogP contribution is 2.32. The van der Waals surface area contributed by atoms with Crippen molar-refractivity contribution in [2.45, 2.75) is 32.0 Å². The lowest BCUT2D eigenvalue weighted by atomic mass is 9.82. The molecule has 2 bridgehead atoms. The first-order valence-electron chi connectivity index (χ1n) is 13.2. The van der Waals surface area contributed by atoms with Gasteiger partial charge in [0.15, 0.2) is 0 Å². The maximum Gasteiger partial charge on any atom is 0.258 e. The third-order valence-electron chi connectivity index (χ3n) is 8.26. The van der Waals surface area contributed by atoms with E-state index in [1.54, 1.807) is 4.90 Å². The van der Waals surface area contributed by atoms with Crippen molar-refractivity contribution in [3.63, 3.8) is 0 Å². The van der Waals surface area contributed by atoms with Gasteiger partial charge in [0.2, 0.25) is 0 Å². The fourth-order valence-corrected chi connectivity index (χ4v) is 6.60. The zero-order valence-corrected chi connectivity index (χ0v) is 20.7. The van der Waals surface area contributed by atoms with Gasteiger partial charge in [-0.15, -0.1) is 0 Å². The van der Waals surface area contributed by atoms with Crippen LogP contribution in [0.15, 0.2) is 65.5 Å². The molecule has 36 heavy (non-hydrogen) atoms. The number of ether oxygens (including phenoxy) is 1. The number of piperidine rings is 1. The number of benzene rings is 2. The highest BCUT2D eigenvalue weighted by Gasteiger charge is 2.37. The monoisotopic (exact) mass is 482 g/mol. The summed E-state index contributed by atoms with van der Waals surface area (Å²) in [6.45, 7) is 8.41. The maximum absolute atomic E-state index is 13.8. The fraction of sp³-hybridized carbons (Fsp3) is 0.400. The molecular formula is C30H34N4O2+2. The van der Waals surface area contributed by atoms with Crippen LogP contribution in [0, 0.1) is 17.2 Å². The summed E-state index contributed by atoms with van der Waals surface area (Å²) in [4.78, 5) is 16.9. The molecule has 6 nitrogen and oxygen atoms in total. The Hall–Kier alpha value is -3.24. The minimum atomic E-state index is 0.164. The van der Waals surface area contributed by atoms with Crippen molar-refractivity contribution >= 4 is 0 Å². The molecule has 0 aliphatic carbocycles. The van der Waals surface area contributed by atoms with Gasteiger partial charge in [-0.25, -0.2) is 0 Å². The van der Waals surface area contributed by atoms with Crippen LogP contribution in [-0.4, -0.2) is 44.0 Å². The number of aromatic nitrogens is 1. The first-order chi connectivity index (χ1) is 17.7. The molecule has 3 aliphatic heterocycles. The van der Waals surface area contributed by atoms with E-state index < -0.39 is 0 Å². The molecule has 1 aromatic heterocycles. The maximum atomic E-state index is 13.8. The molecule has 3 aliphatic rings. The largest absolute Gasteiger partial charge is 0.370 e. The number of morpholine rings is 1.